The molecule has 17 heavy (non-hydrogen) atoms. The third kappa shape index (κ3) is 4.22. The van der Waals surface area contributed by atoms with Gasteiger partial charge in [0.15, 0.2) is 0 Å². The van der Waals surface area contributed by atoms with Crippen molar-refractivity contribution in [2.45, 2.75) is 18.9 Å². The zero-order chi connectivity index (χ0) is 12.3. The Hall–Kier alpha value is -0.720. The fraction of sp³-hybridized carbons (Fsp3) is 0.818. The molecule has 0 aromatic heterocycles. The van der Waals surface area contributed by atoms with Gasteiger partial charge in [-0.05, 0) is 18.8 Å². The maximum absolute atomic E-state index is 11.7. The standard InChI is InChI=1S/C11H19N3O2S/c12-11(17)9-6-14(3-4-16-9)7-10(15)13-5-8-1-2-8/h8-9H,1-7H2,(H2,12,17)(H,13,15). The van der Waals surface area contributed by atoms with Crippen LogP contribution in [0.15, 0.2) is 0 Å². The van der Waals surface area contributed by atoms with Gasteiger partial charge in [-0.25, -0.2) is 0 Å². The molecule has 1 heterocycles. The molecule has 0 bridgehead atoms. The van der Waals surface area contributed by atoms with Gasteiger partial charge in [-0.2, -0.15) is 0 Å². The summed E-state index contributed by atoms with van der Waals surface area (Å²) in [5.41, 5.74) is 5.55. The number of hydrogen-bond acceptors (Lipinski definition) is 4. The Kier molecular flexibility index (Phi) is 4.31. The Labute approximate surface area is 107 Å². The second-order valence-electron chi connectivity index (χ2n) is 4.74. The van der Waals surface area contributed by atoms with Crippen LogP contribution < -0.4 is 11.1 Å². The monoisotopic (exact) mass is 257 g/mol. The van der Waals surface area contributed by atoms with E-state index >= 15 is 0 Å². The molecule has 1 saturated carbocycles. The molecule has 2 fully saturated rings. The minimum Gasteiger partial charge on any atom is -0.391 e. The predicted molar refractivity (Wildman–Crippen MR) is 68.7 cm³/mol. The highest BCUT2D eigenvalue weighted by Gasteiger charge is 2.25. The Balaban J connectivity index is 1.69. The van der Waals surface area contributed by atoms with Crippen LogP contribution in [0, 0.1) is 5.92 Å². The number of hydrogen-bond donors (Lipinski definition) is 2. The minimum absolute atomic E-state index is 0.0838. The van der Waals surface area contributed by atoms with E-state index in [0.717, 1.165) is 13.1 Å². The van der Waals surface area contributed by atoms with E-state index in [9.17, 15) is 4.79 Å². The van der Waals surface area contributed by atoms with Crippen LogP contribution in [0.3, 0.4) is 0 Å². The maximum Gasteiger partial charge on any atom is 0.234 e. The number of carbonyl (C=O) groups is 1. The highest BCUT2D eigenvalue weighted by molar-refractivity contribution is 7.80. The third-order valence-corrected chi connectivity index (χ3v) is 3.38. The van der Waals surface area contributed by atoms with E-state index in [-0.39, 0.29) is 12.0 Å². The van der Waals surface area contributed by atoms with E-state index < -0.39 is 0 Å². The van der Waals surface area contributed by atoms with Gasteiger partial charge >= 0.3 is 0 Å². The molecule has 1 unspecified atom stereocenters. The first-order chi connectivity index (χ1) is 8.15. The van der Waals surface area contributed by atoms with Crippen molar-refractivity contribution in [2.24, 2.45) is 11.7 Å². The van der Waals surface area contributed by atoms with Crippen molar-refractivity contribution < 1.29 is 9.53 Å². The summed E-state index contributed by atoms with van der Waals surface area (Å²) in [5, 5.41) is 2.95. The van der Waals surface area contributed by atoms with E-state index in [4.69, 9.17) is 22.7 Å². The van der Waals surface area contributed by atoms with Gasteiger partial charge in [-0.15, -0.1) is 0 Å². The lowest BCUT2D eigenvalue weighted by Crippen LogP contribution is -2.50. The predicted octanol–water partition coefficient (Wildman–Crippen LogP) is -0.500. The molecular weight excluding hydrogens is 238 g/mol. The molecule has 3 N–H and O–H groups in total. The number of carbonyl (C=O) groups excluding carboxylic acids is 1. The van der Waals surface area contributed by atoms with Crippen LogP contribution in [0.2, 0.25) is 0 Å². The molecule has 0 spiro atoms. The van der Waals surface area contributed by atoms with Crippen LogP contribution in [0.25, 0.3) is 0 Å². The van der Waals surface area contributed by atoms with Crippen LogP contribution in [0.5, 0.6) is 0 Å². The van der Waals surface area contributed by atoms with Gasteiger partial charge in [0, 0.05) is 19.6 Å². The van der Waals surface area contributed by atoms with E-state index in [1.165, 1.54) is 12.8 Å². The van der Waals surface area contributed by atoms with Gasteiger partial charge < -0.3 is 15.8 Å². The van der Waals surface area contributed by atoms with Gasteiger partial charge in [0.1, 0.15) is 11.1 Å². The summed E-state index contributed by atoms with van der Waals surface area (Å²) in [4.78, 5) is 14.1. The topological polar surface area (TPSA) is 67.6 Å². The number of nitrogens with two attached hydrogens (primary N) is 1. The Bertz CT molecular complexity index is 307. The van der Waals surface area contributed by atoms with E-state index in [1.54, 1.807) is 0 Å². The molecule has 0 radical (unpaired) electrons. The summed E-state index contributed by atoms with van der Waals surface area (Å²) in [7, 11) is 0. The average Bonchev–Trinajstić information content (AvgIpc) is 3.10. The van der Waals surface area contributed by atoms with Crippen molar-refractivity contribution in [2.75, 3.05) is 32.8 Å². The lowest BCUT2D eigenvalue weighted by molar-refractivity contribution is -0.123. The summed E-state index contributed by atoms with van der Waals surface area (Å²) in [6.45, 7) is 3.19. The third-order valence-electron chi connectivity index (χ3n) is 3.12. The van der Waals surface area contributed by atoms with Gasteiger partial charge in [0.25, 0.3) is 0 Å². The number of amides is 1. The molecule has 2 rings (SSSR count). The van der Waals surface area contributed by atoms with Crippen molar-refractivity contribution in [1.82, 2.24) is 10.2 Å². The summed E-state index contributed by atoms with van der Waals surface area (Å²) < 4.78 is 5.42. The van der Waals surface area contributed by atoms with E-state index in [0.29, 0.717) is 30.6 Å². The quantitative estimate of drug-likeness (QED) is 0.650. The molecule has 96 valence electrons. The van der Waals surface area contributed by atoms with Crippen LogP contribution in [-0.4, -0.2) is 54.7 Å². The van der Waals surface area contributed by atoms with E-state index in [1.807, 2.05) is 4.90 Å². The molecule has 1 amide bonds. The molecule has 1 saturated heterocycles. The fourth-order valence-electron chi connectivity index (χ4n) is 1.86. The number of ether oxygens (including phenoxy) is 1. The Morgan fingerprint density at radius 3 is 2.94 bits per heavy atom. The normalized spacial score (nSPS) is 25.5. The maximum atomic E-state index is 11.7. The summed E-state index contributed by atoms with van der Waals surface area (Å²) in [6, 6.07) is 0. The highest BCUT2D eigenvalue weighted by Crippen LogP contribution is 2.27. The smallest absolute Gasteiger partial charge is 0.234 e. The van der Waals surface area contributed by atoms with Gasteiger partial charge in [-0.3, -0.25) is 9.69 Å². The first-order valence-corrected chi connectivity index (χ1v) is 6.46. The number of nitrogens with one attached hydrogen (secondary N) is 1. The SMILES string of the molecule is NC(=S)C1CN(CC(=O)NCC2CC2)CCO1. The Morgan fingerprint density at radius 1 is 1.53 bits per heavy atom. The van der Waals surface area contributed by atoms with Crippen LogP contribution in [-0.2, 0) is 9.53 Å². The Morgan fingerprint density at radius 2 is 2.29 bits per heavy atom. The fourth-order valence-corrected chi connectivity index (χ4v) is 2.00. The van der Waals surface area contributed by atoms with Crippen molar-refractivity contribution in [3.05, 3.63) is 0 Å². The molecule has 2 aliphatic rings. The van der Waals surface area contributed by atoms with Crippen molar-refractivity contribution in [3.8, 4) is 0 Å². The summed E-state index contributed by atoms with van der Waals surface area (Å²) in [6.07, 6.45) is 2.29. The first-order valence-electron chi connectivity index (χ1n) is 6.05. The van der Waals surface area contributed by atoms with Crippen molar-refractivity contribution >= 4 is 23.1 Å². The largest absolute Gasteiger partial charge is 0.391 e. The van der Waals surface area contributed by atoms with Gasteiger partial charge in [0.05, 0.1) is 13.2 Å². The summed E-state index contributed by atoms with van der Waals surface area (Å²) >= 11 is 4.90. The summed E-state index contributed by atoms with van der Waals surface area (Å²) in [5.74, 6) is 0.800. The molecule has 1 aliphatic heterocycles. The number of rotatable bonds is 5. The highest BCUT2D eigenvalue weighted by atomic mass is 32.1. The van der Waals surface area contributed by atoms with Crippen LogP contribution in [0.1, 0.15) is 12.8 Å². The lowest BCUT2D eigenvalue weighted by atomic mass is 10.2. The molecule has 0 aromatic carbocycles. The first kappa shape index (κ1) is 12.7. The number of nitrogens with zero attached hydrogens (tertiary/aromatic N) is 1. The van der Waals surface area contributed by atoms with Crippen molar-refractivity contribution in [1.29, 1.82) is 0 Å². The van der Waals surface area contributed by atoms with Crippen LogP contribution in [0.4, 0.5) is 0 Å². The second kappa shape index (κ2) is 5.75. The van der Waals surface area contributed by atoms with Gasteiger partial charge in [0.2, 0.25) is 5.91 Å². The zero-order valence-electron chi connectivity index (χ0n) is 9.85. The lowest BCUT2D eigenvalue weighted by Gasteiger charge is -2.31. The molecule has 0 aromatic rings. The molecule has 6 heteroatoms. The molecule has 5 nitrogen and oxygen atoms in total. The average molecular weight is 257 g/mol. The second-order valence-corrected chi connectivity index (χ2v) is 5.22. The minimum atomic E-state index is -0.213. The number of thiocarbonyl (C=S) groups is 1. The zero-order valence-corrected chi connectivity index (χ0v) is 10.7. The number of morpholine rings is 1. The van der Waals surface area contributed by atoms with Crippen molar-refractivity contribution in [3.63, 3.8) is 0 Å². The van der Waals surface area contributed by atoms with E-state index in [2.05, 4.69) is 5.32 Å². The molecular formula is C11H19N3O2S. The van der Waals surface area contributed by atoms with Crippen LogP contribution >= 0.6 is 12.2 Å². The van der Waals surface area contributed by atoms with Gasteiger partial charge in [-0.1, -0.05) is 12.2 Å². The molecule has 1 aliphatic carbocycles. The molecule has 1 atom stereocenters.